The molecule has 0 spiro atoms. The monoisotopic (exact) mass is 464 g/mol. The van der Waals surface area contributed by atoms with Gasteiger partial charge in [0.25, 0.3) is 0 Å². The Morgan fingerprint density at radius 3 is 2.24 bits per heavy atom. The number of amides is 1. The van der Waals surface area contributed by atoms with Gasteiger partial charge in [0, 0.05) is 11.0 Å². The Labute approximate surface area is 199 Å². The van der Waals surface area contributed by atoms with Gasteiger partial charge in [0.05, 0.1) is 12.3 Å². The number of anilines is 1. The van der Waals surface area contributed by atoms with E-state index in [2.05, 4.69) is 10.3 Å². The van der Waals surface area contributed by atoms with E-state index in [0.717, 1.165) is 11.1 Å². The predicted molar refractivity (Wildman–Crippen MR) is 128 cm³/mol. The largest absolute Gasteiger partial charge is 0.457 e. The van der Waals surface area contributed by atoms with Crippen molar-refractivity contribution in [3.05, 3.63) is 72.0 Å². The molecule has 1 amide bonds. The molecule has 2 aromatic carbocycles. The number of carbonyl (C=O) groups excluding carboxylic acids is 1. The van der Waals surface area contributed by atoms with Crippen molar-refractivity contribution in [3.8, 4) is 22.8 Å². The van der Waals surface area contributed by atoms with Crippen LogP contribution in [0.2, 0.25) is 0 Å². The average molecular weight is 465 g/mol. The number of hydrogen-bond acceptors (Lipinski definition) is 5. The molecular weight excluding hydrogens is 435 g/mol. The first-order chi connectivity index (χ1) is 16.0. The summed E-state index contributed by atoms with van der Waals surface area (Å²) < 4.78 is 30.7. The quantitative estimate of drug-likeness (QED) is 0.467. The number of ether oxygens (including phenoxy) is 3. The molecular formula is C27H29FN2O4. The topological polar surface area (TPSA) is 69.7 Å². The van der Waals surface area contributed by atoms with Gasteiger partial charge in [-0.2, -0.15) is 0 Å². The first-order valence-electron chi connectivity index (χ1n) is 11.2. The molecule has 0 bridgehead atoms. The minimum atomic E-state index is -0.678. The number of carbonyl (C=O) groups is 1. The number of hydrogen-bond donors (Lipinski definition) is 1. The summed E-state index contributed by atoms with van der Waals surface area (Å²) in [4.78, 5) is 17.3. The van der Waals surface area contributed by atoms with Gasteiger partial charge in [-0.15, -0.1) is 0 Å². The average Bonchev–Trinajstić information content (AvgIpc) is 3.15. The van der Waals surface area contributed by atoms with Gasteiger partial charge in [-0.05, 0) is 80.1 Å². The molecule has 34 heavy (non-hydrogen) atoms. The molecule has 1 fully saturated rings. The molecule has 1 atom stereocenters. The summed E-state index contributed by atoms with van der Waals surface area (Å²) in [6, 6.07) is 17.0. The second-order valence-electron chi connectivity index (χ2n) is 9.77. The van der Waals surface area contributed by atoms with Crippen LogP contribution in [0.3, 0.4) is 0 Å². The lowest BCUT2D eigenvalue weighted by molar-refractivity contribution is -0.139. The van der Waals surface area contributed by atoms with E-state index < -0.39 is 11.2 Å². The van der Waals surface area contributed by atoms with E-state index in [1.807, 2.05) is 71.0 Å². The summed E-state index contributed by atoms with van der Waals surface area (Å²) in [5.74, 6) is 0.484. The van der Waals surface area contributed by atoms with Gasteiger partial charge in [0.15, 0.2) is 5.79 Å². The molecule has 1 aliphatic heterocycles. The van der Waals surface area contributed by atoms with Crippen LogP contribution < -0.4 is 10.1 Å². The zero-order valence-corrected chi connectivity index (χ0v) is 20.0. The number of aromatic nitrogens is 1. The van der Waals surface area contributed by atoms with Gasteiger partial charge in [0.1, 0.15) is 29.2 Å². The zero-order chi connectivity index (χ0) is 24.5. The summed E-state index contributed by atoms with van der Waals surface area (Å²) in [5.41, 5.74) is 1.83. The molecule has 1 aromatic heterocycles. The maximum Gasteiger partial charge on any atom is 0.230 e. The molecule has 1 N–H and O–H groups in total. The van der Waals surface area contributed by atoms with E-state index >= 15 is 0 Å². The fraction of sp³-hybridized carbons (Fsp3) is 0.333. The summed E-state index contributed by atoms with van der Waals surface area (Å²) in [7, 11) is 0. The molecule has 1 saturated heterocycles. The van der Waals surface area contributed by atoms with Crippen molar-refractivity contribution in [1.82, 2.24) is 4.98 Å². The lowest BCUT2D eigenvalue weighted by Gasteiger charge is -2.20. The first kappa shape index (κ1) is 23.9. The molecule has 4 rings (SSSR count). The van der Waals surface area contributed by atoms with Crippen LogP contribution in [0.25, 0.3) is 11.3 Å². The van der Waals surface area contributed by atoms with Crippen LogP contribution in [0.15, 0.2) is 60.7 Å². The number of nitrogens with zero attached hydrogens (tertiary/aromatic N) is 1. The highest BCUT2D eigenvalue weighted by atomic mass is 19.1. The van der Waals surface area contributed by atoms with Crippen LogP contribution in [0.4, 0.5) is 10.2 Å². The van der Waals surface area contributed by atoms with Crippen LogP contribution in [0.5, 0.6) is 11.5 Å². The van der Waals surface area contributed by atoms with Crippen molar-refractivity contribution in [3.63, 3.8) is 0 Å². The highest BCUT2D eigenvalue weighted by Gasteiger charge is 2.34. The fourth-order valence-corrected chi connectivity index (χ4v) is 3.44. The second kappa shape index (κ2) is 9.16. The molecule has 1 unspecified atom stereocenters. The third-order valence-electron chi connectivity index (χ3n) is 5.35. The van der Waals surface area contributed by atoms with Gasteiger partial charge in [-0.3, -0.25) is 4.79 Å². The number of pyridine rings is 1. The maximum absolute atomic E-state index is 13.1. The van der Waals surface area contributed by atoms with E-state index in [1.165, 1.54) is 12.1 Å². The predicted octanol–water partition coefficient (Wildman–Crippen LogP) is 6.49. The van der Waals surface area contributed by atoms with E-state index in [0.29, 0.717) is 29.6 Å². The number of benzene rings is 2. The fourth-order valence-electron chi connectivity index (χ4n) is 3.44. The van der Waals surface area contributed by atoms with E-state index in [4.69, 9.17) is 14.2 Å². The van der Waals surface area contributed by atoms with Crippen LogP contribution in [0, 0.1) is 11.2 Å². The Bertz CT molecular complexity index is 1170. The molecule has 0 saturated carbocycles. The van der Waals surface area contributed by atoms with E-state index in [9.17, 15) is 9.18 Å². The van der Waals surface area contributed by atoms with E-state index in [1.54, 1.807) is 12.1 Å². The van der Waals surface area contributed by atoms with Gasteiger partial charge < -0.3 is 19.5 Å². The van der Waals surface area contributed by atoms with Crippen LogP contribution in [-0.2, 0) is 14.3 Å². The van der Waals surface area contributed by atoms with E-state index in [-0.39, 0.29) is 17.8 Å². The van der Waals surface area contributed by atoms with Crippen molar-refractivity contribution in [2.24, 2.45) is 5.41 Å². The first-order valence-corrected chi connectivity index (χ1v) is 11.2. The Balaban J connectivity index is 1.62. The Morgan fingerprint density at radius 2 is 1.68 bits per heavy atom. The van der Waals surface area contributed by atoms with Crippen LogP contribution >= 0.6 is 0 Å². The summed E-state index contributed by atoms with van der Waals surface area (Å²) in [5, 5.41) is 2.92. The highest BCUT2D eigenvalue weighted by Crippen LogP contribution is 2.36. The molecule has 1 aliphatic rings. The van der Waals surface area contributed by atoms with Gasteiger partial charge in [-0.25, -0.2) is 9.37 Å². The number of nitrogens with one attached hydrogen (secondary N) is 1. The van der Waals surface area contributed by atoms with Gasteiger partial charge >= 0.3 is 0 Å². The van der Waals surface area contributed by atoms with Gasteiger partial charge in [0.2, 0.25) is 5.91 Å². The molecule has 3 aromatic rings. The van der Waals surface area contributed by atoms with Crippen LogP contribution in [-0.4, -0.2) is 23.3 Å². The molecule has 0 radical (unpaired) electrons. The molecule has 178 valence electrons. The molecule has 0 aliphatic carbocycles. The highest BCUT2D eigenvalue weighted by molar-refractivity contribution is 5.94. The SMILES string of the molecule is CC1(C)OCC(c2cc(NC(=O)C(C)(C)C)nc(-c3ccc(Oc4ccc(F)cc4)cc3)c2)O1. The molecule has 6 nitrogen and oxygen atoms in total. The minimum absolute atomic E-state index is 0.130. The summed E-state index contributed by atoms with van der Waals surface area (Å²) in [6.07, 6.45) is -0.275. The zero-order valence-electron chi connectivity index (χ0n) is 20.0. The smallest absolute Gasteiger partial charge is 0.230 e. The molecule has 7 heteroatoms. The van der Waals surface area contributed by atoms with Crippen molar-refractivity contribution < 1.29 is 23.4 Å². The maximum atomic E-state index is 13.1. The van der Waals surface area contributed by atoms with Crippen molar-refractivity contribution in [2.75, 3.05) is 11.9 Å². The Hall–Kier alpha value is -3.29. The number of rotatable bonds is 5. The van der Waals surface area contributed by atoms with Crippen molar-refractivity contribution in [2.45, 2.75) is 46.5 Å². The Morgan fingerprint density at radius 1 is 1.06 bits per heavy atom. The number of halogens is 1. The van der Waals surface area contributed by atoms with Crippen LogP contribution in [0.1, 0.15) is 46.3 Å². The summed E-state index contributed by atoms with van der Waals surface area (Å²) >= 11 is 0. The normalized spacial score (nSPS) is 17.4. The van der Waals surface area contributed by atoms with Crippen molar-refractivity contribution >= 4 is 11.7 Å². The molecule has 2 heterocycles. The minimum Gasteiger partial charge on any atom is -0.457 e. The second-order valence-corrected chi connectivity index (χ2v) is 9.77. The van der Waals surface area contributed by atoms with Gasteiger partial charge in [-0.1, -0.05) is 20.8 Å². The lowest BCUT2D eigenvalue weighted by atomic mass is 9.95. The van der Waals surface area contributed by atoms with Crippen molar-refractivity contribution in [1.29, 1.82) is 0 Å². The lowest BCUT2D eigenvalue weighted by Crippen LogP contribution is -2.28. The Kier molecular flexibility index (Phi) is 6.43. The third kappa shape index (κ3) is 5.79. The standard InChI is InChI=1S/C27H29FN2O4/c1-26(2,3)25(31)30-24-15-18(23-16-32-27(4,5)34-23)14-22(29-24)17-6-10-20(11-7-17)33-21-12-8-19(28)9-13-21/h6-15,23H,16H2,1-5H3,(H,29,30,31). The summed E-state index contributed by atoms with van der Waals surface area (Å²) in [6.45, 7) is 9.71. The third-order valence-corrected chi connectivity index (χ3v) is 5.35.